The number of pyridine rings is 1. The lowest BCUT2D eigenvalue weighted by atomic mass is 10.0. The molecule has 198 valence electrons. The Hall–Kier alpha value is -3.91. The van der Waals surface area contributed by atoms with Crippen molar-refractivity contribution in [1.29, 1.82) is 0 Å². The maximum Gasteiger partial charge on any atom is 0.352 e. The fraction of sp³-hybridized carbons (Fsp3) is 0.333. The quantitative estimate of drug-likeness (QED) is 0.111. The number of oxime groups is 1. The molecule has 3 aromatic rings. The first-order valence-corrected chi connectivity index (χ1v) is 13.9. The molecular formula is C24H26N7O5S2+. The minimum absolute atomic E-state index is 0.0453. The third-order valence-corrected chi connectivity index (χ3v) is 8.20. The van der Waals surface area contributed by atoms with Crippen molar-refractivity contribution >= 4 is 57.4 Å². The van der Waals surface area contributed by atoms with E-state index >= 15 is 0 Å². The lowest BCUT2D eigenvalue weighted by Gasteiger charge is -2.49. The number of carbonyl (C=O) groups excluding carboxylic acids is 2. The number of unbranched alkanes of at least 4 members (excludes halogenated alkanes) is 1. The van der Waals surface area contributed by atoms with E-state index in [-0.39, 0.29) is 22.2 Å². The largest absolute Gasteiger partial charge is 0.477 e. The summed E-state index contributed by atoms with van der Waals surface area (Å²) in [4.78, 5) is 49.2. The summed E-state index contributed by atoms with van der Waals surface area (Å²) < 4.78 is 3.87. The summed E-state index contributed by atoms with van der Waals surface area (Å²) in [7, 11) is 0. The van der Waals surface area contributed by atoms with Crippen molar-refractivity contribution in [2.24, 2.45) is 5.16 Å². The van der Waals surface area contributed by atoms with Gasteiger partial charge in [0.1, 0.15) is 48.4 Å². The van der Waals surface area contributed by atoms with E-state index in [0.717, 1.165) is 29.8 Å². The van der Waals surface area contributed by atoms with Gasteiger partial charge in [0, 0.05) is 22.8 Å². The molecule has 2 aliphatic heterocycles. The second kappa shape index (κ2) is 10.8. The molecule has 5 rings (SSSR count). The number of rotatable bonds is 10. The van der Waals surface area contributed by atoms with Gasteiger partial charge in [0.2, 0.25) is 0 Å². The second-order valence-electron chi connectivity index (χ2n) is 8.71. The number of carboxylic acids is 1. The number of imidazole rings is 1. The summed E-state index contributed by atoms with van der Waals surface area (Å²) in [6.07, 6.45) is 7.32. The number of carboxylic acid groups (broad SMARTS) is 1. The van der Waals surface area contributed by atoms with Crippen LogP contribution in [0.15, 0.2) is 58.6 Å². The Kier molecular flexibility index (Phi) is 7.33. The fourth-order valence-electron chi connectivity index (χ4n) is 4.32. The molecule has 0 bridgehead atoms. The summed E-state index contributed by atoms with van der Waals surface area (Å²) in [5.74, 6) is -1.94. The van der Waals surface area contributed by atoms with Crippen LogP contribution >= 0.6 is 23.1 Å². The second-order valence-corrected chi connectivity index (χ2v) is 10.7. The van der Waals surface area contributed by atoms with Crippen LogP contribution < -0.4 is 15.6 Å². The van der Waals surface area contributed by atoms with E-state index in [2.05, 4.69) is 15.5 Å². The molecule has 0 spiro atoms. The molecule has 12 nitrogen and oxygen atoms in total. The van der Waals surface area contributed by atoms with Gasteiger partial charge in [-0.05, 0) is 12.5 Å². The number of anilines is 1. The van der Waals surface area contributed by atoms with Gasteiger partial charge in [0.15, 0.2) is 10.8 Å². The topological polar surface area (TPSA) is 156 Å². The van der Waals surface area contributed by atoms with E-state index in [1.165, 1.54) is 16.7 Å². The number of nitrogens with two attached hydrogens (primary N) is 1. The highest BCUT2D eigenvalue weighted by Crippen LogP contribution is 2.40. The average molecular weight is 557 g/mol. The monoisotopic (exact) mass is 556 g/mol. The minimum atomic E-state index is -1.18. The van der Waals surface area contributed by atoms with Crippen molar-refractivity contribution in [3.63, 3.8) is 0 Å². The third-order valence-electron chi connectivity index (χ3n) is 6.19. The zero-order valence-corrected chi connectivity index (χ0v) is 22.1. The smallest absolute Gasteiger partial charge is 0.352 e. The van der Waals surface area contributed by atoms with Crippen LogP contribution in [0.2, 0.25) is 0 Å². The van der Waals surface area contributed by atoms with Crippen LogP contribution in [0.1, 0.15) is 25.5 Å². The number of carbonyl (C=O) groups is 3. The number of thioether (sulfide) groups is 1. The van der Waals surface area contributed by atoms with Crippen molar-refractivity contribution < 1.29 is 28.9 Å². The maximum absolute atomic E-state index is 13.2. The number of β-lactam (4-membered cyclic amide) rings is 1. The Morgan fingerprint density at radius 3 is 2.95 bits per heavy atom. The third kappa shape index (κ3) is 4.84. The lowest BCUT2D eigenvalue weighted by Crippen LogP contribution is -2.71. The molecule has 4 N–H and O–H groups in total. The van der Waals surface area contributed by atoms with Crippen LogP contribution in [0.5, 0.6) is 0 Å². The molecule has 0 radical (unpaired) electrons. The van der Waals surface area contributed by atoms with Crippen LogP contribution in [-0.2, 0) is 25.8 Å². The van der Waals surface area contributed by atoms with Crippen molar-refractivity contribution in [3.8, 4) is 0 Å². The normalized spacial score (nSPS) is 19.3. The standard InChI is InChI=1S/C24H25N7O5S2/c1-2-3-10-36-28-17(15-13-38-24(25)26-15)20(32)27-18-21(33)31-19(23(34)35)14(12-37-22(18)31)11-30-9-8-29-7-5-4-6-16(29)30/h4-9,13,18,22H,2-3,10-12H2,1H3,(H3-,25,26,27,32,34,35)/p+1/b28-17-/t18-,22+/m1/s1. The molecule has 2 amide bonds. The van der Waals surface area contributed by atoms with Crippen LogP contribution in [0, 0.1) is 0 Å². The first-order valence-electron chi connectivity index (χ1n) is 12.0. The first-order chi connectivity index (χ1) is 18.4. The van der Waals surface area contributed by atoms with Crippen molar-refractivity contribution in [2.45, 2.75) is 37.7 Å². The predicted molar refractivity (Wildman–Crippen MR) is 141 cm³/mol. The van der Waals surface area contributed by atoms with E-state index in [1.807, 2.05) is 52.7 Å². The predicted octanol–water partition coefficient (Wildman–Crippen LogP) is 1.23. The number of hydrogen-bond donors (Lipinski definition) is 3. The molecule has 0 saturated carbocycles. The molecule has 0 aliphatic carbocycles. The van der Waals surface area contributed by atoms with Crippen LogP contribution in [-0.4, -0.2) is 66.7 Å². The van der Waals surface area contributed by atoms with E-state index in [4.69, 9.17) is 10.6 Å². The van der Waals surface area contributed by atoms with Crippen LogP contribution in [0.4, 0.5) is 5.13 Å². The Morgan fingerprint density at radius 2 is 2.21 bits per heavy atom. The number of fused-ring (bicyclic) bond motifs is 2. The zero-order chi connectivity index (χ0) is 26.8. The van der Waals surface area contributed by atoms with Gasteiger partial charge in [-0.1, -0.05) is 24.6 Å². The molecule has 5 heterocycles. The van der Waals surface area contributed by atoms with Gasteiger partial charge in [0.05, 0.1) is 6.20 Å². The van der Waals surface area contributed by atoms with Crippen molar-refractivity contribution in [1.82, 2.24) is 19.6 Å². The van der Waals surface area contributed by atoms with Gasteiger partial charge in [-0.15, -0.1) is 23.1 Å². The number of amides is 2. The van der Waals surface area contributed by atoms with E-state index in [1.54, 1.807) is 5.38 Å². The highest BCUT2D eigenvalue weighted by molar-refractivity contribution is 8.00. The number of nitrogens with one attached hydrogen (secondary N) is 1. The lowest BCUT2D eigenvalue weighted by molar-refractivity contribution is -0.662. The van der Waals surface area contributed by atoms with Gasteiger partial charge in [-0.2, -0.15) is 0 Å². The highest BCUT2D eigenvalue weighted by atomic mass is 32.2. The summed E-state index contributed by atoms with van der Waals surface area (Å²) in [5.41, 5.74) is 7.35. The Labute approximate surface area is 225 Å². The number of nitrogens with zero attached hydrogens (tertiary/aromatic N) is 5. The molecule has 3 aromatic heterocycles. The molecule has 14 heteroatoms. The van der Waals surface area contributed by atoms with Gasteiger partial charge < -0.3 is 21.0 Å². The summed E-state index contributed by atoms with van der Waals surface area (Å²) in [5, 5.41) is 18.0. The molecule has 1 saturated heterocycles. The van der Waals surface area contributed by atoms with Gasteiger partial charge in [-0.25, -0.2) is 18.7 Å². The summed E-state index contributed by atoms with van der Waals surface area (Å²) in [6.45, 7) is 2.65. The molecule has 0 unspecified atom stereocenters. The van der Waals surface area contributed by atoms with E-state index in [0.29, 0.717) is 24.5 Å². The zero-order valence-electron chi connectivity index (χ0n) is 20.4. The molecule has 2 aliphatic rings. The molecule has 2 atom stereocenters. The number of aromatic nitrogens is 3. The Balaban J connectivity index is 1.34. The van der Waals surface area contributed by atoms with Gasteiger partial charge in [0.25, 0.3) is 17.5 Å². The number of nitrogen functional groups attached to an aromatic ring is 1. The number of hydrogen-bond acceptors (Lipinski definition) is 9. The van der Waals surface area contributed by atoms with E-state index in [9.17, 15) is 19.5 Å². The van der Waals surface area contributed by atoms with Crippen molar-refractivity contribution in [2.75, 3.05) is 18.1 Å². The first kappa shape index (κ1) is 25.7. The Bertz CT molecular complexity index is 1460. The maximum atomic E-state index is 13.2. The van der Waals surface area contributed by atoms with Crippen molar-refractivity contribution in [3.05, 3.63) is 59.1 Å². The summed E-state index contributed by atoms with van der Waals surface area (Å²) >= 11 is 2.56. The van der Waals surface area contributed by atoms with Crippen LogP contribution in [0.3, 0.4) is 0 Å². The molecular weight excluding hydrogens is 530 g/mol. The molecule has 1 fully saturated rings. The highest BCUT2D eigenvalue weighted by Gasteiger charge is 2.54. The van der Waals surface area contributed by atoms with E-state index < -0.39 is 29.2 Å². The van der Waals surface area contributed by atoms with Gasteiger partial charge in [-0.3, -0.25) is 14.5 Å². The minimum Gasteiger partial charge on any atom is -0.477 e. The average Bonchev–Trinajstić information content (AvgIpc) is 3.52. The SMILES string of the molecule is CCCCO/N=C(\C(=O)N[C@@H]1C(=O)N2C(C(=O)O)=C(C[n+]3ccn4ccccc43)CS[C@@H]12)c1csc(N)n1. The fourth-order valence-corrected chi connectivity index (χ4v) is 6.20. The number of thiazole rings is 1. The number of aliphatic carboxylic acids is 1. The van der Waals surface area contributed by atoms with Crippen LogP contribution in [0.25, 0.3) is 5.65 Å². The van der Waals surface area contributed by atoms with Gasteiger partial charge >= 0.3 is 5.97 Å². The summed E-state index contributed by atoms with van der Waals surface area (Å²) in [6, 6.07) is 4.83. The molecule has 38 heavy (non-hydrogen) atoms. The molecule has 0 aromatic carbocycles. The Morgan fingerprint density at radius 1 is 1.37 bits per heavy atom.